The van der Waals surface area contributed by atoms with E-state index in [-0.39, 0.29) is 32.9 Å². The number of phenolic OH excluding ortho intramolecular Hbond substituents is 1. The lowest BCUT2D eigenvalue weighted by atomic mass is 10.1. The molecule has 0 aliphatic rings. The number of halogens is 2. The van der Waals surface area contributed by atoms with Gasteiger partial charge in [0.05, 0.1) is 22.9 Å². The Labute approximate surface area is 236 Å². The molecule has 0 atom stereocenters. The van der Waals surface area contributed by atoms with Gasteiger partial charge in [-0.3, -0.25) is 9.11 Å². The van der Waals surface area contributed by atoms with Crippen molar-refractivity contribution >= 4 is 64.0 Å². The molecule has 0 amide bonds. The first-order valence-corrected chi connectivity index (χ1v) is 15.6. The highest BCUT2D eigenvalue weighted by molar-refractivity contribution is 7.91. The van der Waals surface area contributed by atoms with E-state index in [1.54, 1.807) is 0 Å². The van der Waals surface area contributed by atoms with Gasteiger partial charge in [-0.05, 0) is 53.9 Å². The highest BCUT2D eigenvalue weighted by Crippen LogP contribution is 2.42. The number of phenols is 1. The third-order valence-corrected chi connectivity index (χ3v) is 8.34. The van der Waals surface area contributed by atoms with Crippen LogP contribution in [0.25, 0.3) is 10.8 Å². The number of hydrogen-bond donors (Lipinski definition) is 4. The Morgan fingerprint density at radius 1 is 0.881 bits per heavy atom. The molecule has 0 radical (unpaired) electrons. The van der Waals surface area contributed by atoms with Crippen LogP contribution in [0.1, 0.15) is 0 Å². The van der Waals surface area contributed by atoms with Gasteiger partial charge in [-0.2, -0.15) is 40.7 Å². The van der Waals surface area contributed by atoms with Crippen LogP contribution in [-0.2, 0) is 34.5 Å². The molecule has 1 heterocycles. The zero-order valence-corrected chi connectivity index (χ0v) is 23.0. The monoisotopic (exact) mass is 645 g/mol. The molecular weight excluding hydrogens is 628 g/mol. The van der Waals surface area contributed by atoms with E-state index in [1.165, 1.54) is 30.3 Å². The summed E-state index contributed by atoms with van der Waals surface area (Å²) in [7, 11) is -13.8. The van der Waals surface area contributed by atoms with Gasteiger partial charge in [-0.25, -0.2) is 12.6 Å². The molecule has 42 heavy (non-hydrogen) atoms. The summed E-state index contributed by atoms with van der Waals surface area (Å²) >= 11 is 0. The molecule has 4 N–H and O–H groups in total. The molecule has 4 rings (SSSR count). The number of sulfone groups is 1. The van der Waals surface area contributed by atoms with Crippen LogP contribution in [0.15, 0.2) is 74.6 Å². The number of rotatable bonds is 10. The Bertz CT molecular complexity index is 2020. The van der Waals surface area contributed by atoms with E-state index in [1.807, 2.05) is 0 Å². The predicted octanol–water partition coefficient (Wildman–Crippen LogP) is 3.61. The van der Waals surface area contributed by atoms with Gasteiger partial charge in [0.15, 0.2) is 15.6 Å². The molecule has 3 aromatic carbocycles. The molecule has 0 fully saturated rings. The number of azo groups is 1. The van der Waals surface area contributed by atoms with Gasteiger partial charge in [-0.1, -0.05) is 0 Å². The molecule has 20 heteroatoms. The maximum Gasteiger partial charge on any atom is 0.397 e. The molecule has 0 aliphatic carbocycles. The fourth-order valence-corrected chi connectivity index (χ4v) is 5.67. The fraction of sp³-hybridized carbons (Fsp3) is 0.0909. The molecule has 0 saturated heterocycles. The first kappa shape index (κ1) is 30.7. The van der Waals surface area contributed by atoms with Crippen LogP contribution in [-0.4, -0.2) is 61.8 Å². The quantitative estimate of drug-likeness (QED) is 0.0836. The number of anilines is 2. The van der Waals surface area contributed by atoms with Gasteiger partial charge in [-0.15, -0.1) is 5.11 Å². The molecule has 0 saturated carbocycles. The summed E-state index contributed by atoms with van der Waals surface area (Å²) in [5.74, 6) is -2.88. The lowest BCUT2D eigenvalue weighted by Gasteiger charge is -2.11. The van der Waals surface area contributed by atoms with Crippen molar-refractivity contribution < 1.29 is 52.4 Å². The lowest BCUT2D eigenvalue weighted by molar-refractivity contribution is 0.284. The van der Waals surface area contributed by atoms with E-state index in [4.69, 9.17) is 4.55 Å². The van der Waals surface area contributed by atoms with Gasteiger partial charge >= 0.3 is 16.5 Å². The molecular formula is C22H17F2N5O10S3. The van der Waals surface area contributed by atoms with Crippen LogP contribution < -0.4 is 5.32 Å². The summed E-state index contributed by atoms with van der Waals surface area (Å²) in [5.41, 5.74) is -0.479. The fourth-order valence-electron chi connectivity index (χ4n) is 3.52. The molecule has 4 aromatic rings. The number of aromatic nitrogens is 2. The van der Waals surface area contributed by atoms with Crippen molar-refractivity contribution in [3.63, 3.8) is 0 Å². The van der Waals surface area contributed by atoms with E-state index in [0.717, 1.165) is 24.3 Å². The molecule has 1 aromatic heterocycles. The minimum atomic E-state index is -4.99. The van der Waals surface area contributed by atoms with Crippen LogP contribution in [0, 0.1) is 12.0 Å². The zero-order chi connectivity index (χ0) is 30.9. The summed E-state index contributed by atoms with van der Waals surface area (Å²) in [6.45, 7) is -0.836. The SMILES string of the molecule is O=S(=O)(O)OCCS(=O)(=O)c1ccc(/N=N/c2c(S(=O)(=O)O)cc3cc(Nc4cc(F)nc(F)n4)ccc3c2O)cc1. The van der Waals surface area contributed by atoms with Gasteiger partial charge < -0.3 is 10.4 Å². The minimum Gasteiger partial charge on any atom is -0.505 e. The van der Waals surface area contributed by atoms with Crippen LogP contribution >= 0.6 is 0 Å². The van der Waals surface area contributed by atoms with Crippen molar-refractivity contribution in [3.05, 3.63) is 66.6 Å². The van der Waals surface area contributed by atoms with Crippen molar-refractivity contribution in [2.45, 2.75) is 9.79 Å². The zero-order valence-electron chi connectivity index (χ0n) is 20.6. The Kier molecular flexibility index (Phi) is 8.48. The van der Waals surface area contributed by atoms with Gasteiger partial charge in [0.2, 0.25) is 5.95 Å². The second-order valence-electron chi connectivity index (χ2n) is 8.22. The molecule has 0 bridgehead atoms. The minimum absolute atomic E-state index is 0.00668. The van der Waals surface area contributed by atoms with Gasteiger partial charge in [0.25, 0.3) is 10.1 Å². The molecule has 15 nitrogen and oxygen atoms in total. The summed E-state index contributed by atoms with van der Waals surface area (Å²) < 4.78 is 119. The standard InChI is InChI=1S/C22H17F2N5O10S3/c23-18-11-19(27-22(24)26-18)25-14-3-6-16-12(9-14)10-17(41(33,34)35)20(21(16)30)29-28-13-1-4-15(5-2-13)40(31,32)8-7-39-42(36,37)38/h1-6,9-11,30H,7-8H2,(H,25,26,27)(H,33,34,35)(H,36,37,38)/b29-28+. The maximum absolute atomic E-state index is 13.4. The van der Waals surface area contributed by atoms with Crippen molar-refractivity contribution in [2.24, 2.45) is 10.2 Å². The Morgan fingerprint density at radius 2 is 1.57 bits per heavy atom. The highest BCUT2D eigenvalue weighted by atomic mass is 32.3. The van der Waals surface area contributed by atoms with Crippen molar-refractivity contribution in [2.75, 3.05) is 17.7 Å². The number of nitrogens with zero attached hydrogens (tertiary/aromatic N) is 4. The van der Waals surface area contributed by atoms with Gasteiger partial charge in [0.1, 0.15) is 16.4 Å². The van der Waals surface area contributed by atoms with Crippen molar-refractivity contribution in [1.29, 1.82) is 0 Å². The van der Waals surface area contributed by atoms with Crippen LogP contribution in [0.3, 0.4) is 0 Å². The molecule has 0 unspecified atom stereocenters. The smallest absolute Gasteiger partial charge is 0.397 e. The van der Waals surface area contributed by atoms with E-state index >= 15 is 0 Å². The van der Waals surface area contributed by atoms with E-state index in [2.05, 4.69) is 29.7 Å². The molecule has 0 spiro atoms. The summed E-state index contributed by atoms with van der Waals surface area (Å²) in [6, 6.07) is 10.3. The normalized spacial score (nSPS) is 12.7. The Balaban J connectivity index is 1.64. The lowest BCUT2D eigenvalue weighted by Crippen LogP contribution is -2.15. The number of nitrogens with one attached hydrogen (secondary N) is 1. The largest absolute Gasteiger partial charge is 0.505 e. The summed E-state index contributed by atoms with van der Waals surface area (Å²) in [5, 5.41) is 21.0. The van der Waals surface area contributed by atoms with E-state index in [0.29, 0.717) is 0 Å². The summed E-state index contributed by atoms with van der Waals surface area (Å²) in [4.78, 5) is 5.15. The maximum atomic E-state index is 13.4. The molecule has 222 valence electrons. The summed E-state index contributed by atoms with van der Waals surface area (Å²) in [6.07, 6.45) is -1.33. The third-order valence-electron chi connectivity index (χ3n) is 5.31. The Hall–Kier alpha value is -4.21. The number of aromatic hydroxyl groups is 1. The van der Waals surface area contributed by atoms with Crippen LogP contribution in [0.4, 0.5) is 31.7 Å². The Morgan fingerprint density at radius 3 is 2.19 bits per heavy atom. The second kappa shape index (κ2) is 11.6. The topological polar surface area (TPSA) is 235 Å². The van der Waals surface area contributed by atoms with Crippen LogP contribution in [0.5, 0.6) is 5.75 Å². The van der Waals surface area contributed by atoms with Crippen molar-refractivity contribution in [1.82, 2.24) is 9.97 Å². The van der Waals surface area contributed by atoms with E-state index < -0.39 is 71.1 Å². The number of fused-ring (bicyclic) bond motifs is 1. The first-order valence-electron chi connectivity index (χ1n) is 11.1. The van der Waals surface area contributed by atoms with E-state index in [9.17, 15) is 43.7 Å². The third kappa shape index (κ3) is 7.54. The van der Waals surface area contributed by atoms with Gasteiger partial charge in [0, 0.05) is 17.1 Å². The highest BCUT2D eigenvalue weighted by Gasteiger charge is 2.22. The average molecular weight is 646 g/mol. The predicted molar refractivity (Wildman–Crippen MR) is 141 cm³/mol. The molecule has 0 aliphatic heterocycles. The second-order valence-corrected chi connectivity index (χ2v) is 12.8. The first-order chi connectivity index (χ1) is 19.5. The number of benzene rings is 3. The number of hydrogen-bond acceptors (Lipinski definition) is 13. The van der Waals surface area contributed by atoms with Crippen molar-refractivity contribution in [3.8, 4) is 5.75 Å². The van der Waals surface area contributed by atoms with Crippen LogP contribution in [0.2, 0.25) is 0 Å². The average Bonchev–Trinajstić information content (AvgIpc) is 2.86.